The second-order valence-corrected chi connectivity index (χ2v) is 4.25. The fourth-order valence-corrected chi connectivity index (χ4v) is 2.10. The molecule has 4 nitrogen and oxygen atoms in total. The number of likely N-dealkylation sites (tertiary alicyclic amines) is 1. The van der Waals surface area contributed by atoms with Gasteiger partial charge in [-0.2, -0.15) is 0 Å². The van der Waals surface area contributed by atoms with Crippen LogP contribution in [-0.4, -0.2) is 43.8 Å². The molecule has 1 atom stereocenters. The fourth-order valence-electron chi connectivity index (χ4n) is 2.10. The number of hydrogen-bond donors (Lipinski definition) is 1. The van der Waals surface area contributed by atoms with Gasteiger partial charge in [-0.15, -0.1) is 0 Å². The van der Waals surface area contributed by atoms with Crippen LogP contribution in [0.25, 0.3) is 0 Å². The summed E-state index contributed by atoms with van der Waals surface area (Å²) in [5.74, 6) is 0.620. The van der Waals surface area contributed by atoms with E-state index in [1.807, 2.05) is 0 Å². The molecule has 2 aliphatic rings. The molecule has 0 radical (unpaired) electrons. The maximum atomic E-state index is 10.8. The van der Waals surface area contributed by atoms with Gasteiger partial charge in [-0.3, -0.25) is 0 Å². The zero-order chi connectivity index (χ0) is 9.97. The van der Waals surface area contributed by atoms with E-state index in [1.165, 1.54) is 32.9 Å². The molecule has 0 aromatic carbocycles. The van der Waals surface area contributed by atoms with Crippen LogP contribution in [0.4, 0.5) is 4.79 Å². The van der Waals surface area contributed by atoms with Crippen LogP contribution in [0.5, 0.6) is 0 Å². The average Bonchev–Trinajstić information content (AvgIpc) is 2.95. The molecule has 14 heavy (non-hydrogen) atoms. The Kier molecular flexibility index (Phi) is 2.91. The van der Waals surface area contributed by atoms with Crippen LogP contribution in [-0.2, 0) is 4.74 Å². The van der Waals surface area contributed by atoms with Gasteiger partial charge in [0, 0.05) is 19.1 Å². The summed E-state index contributed by atoms with van der Waals surface area (Å²) in [5.41, 5.74) is 0. The van der Waals surface area contributed by atoms with Gasteiger partial charge in [-0.25, -0.2) is 4.79 Å². The van der Waals surface area contributed by atoms with Crippen LogP contribution in [0.15, 0.2) is 0 Å². The average molecular weight is 198 g/mol. The first-order valence-corrected chi connectivity index (χ1v) is 5.35. The highest BCUT2D eigenvalue weighted by Crippen LogP contribution is 2.31. The normalized spacial score (nSPS) is 27.6. The molecular weight excluding hydrogens is 180 g/mol. The molecule has 80 valence electrons. The highest BCUT2D eigenvalue weighted by molar-refractivity contribution is 5.66. The highest BCUT2D eigenvalue weighted by atomic mass is 16.5. The van der Waals surface area contributed by atoms with Gasteiger partial charge >= 0.3 is 6.09 Å². The summed E-state index contributed by atoms with van der Waals surface area (Å²) in [6.07, 6.45) is 3.64. The van der Waals surface area contributed by atoms with Crippen molar-refractivity contribution in [2.45, 2.75) is 25.3 Å². The Labute approximate surface area is 84.6 Å². The van der Waals surface area contributed by atoms with Crippen molar-refractivity contribution in [2.24, 2.45) is 5.92 Å². The van der Waals surface area contributed by atoms with Crippen molar-refractivity contribution in [3.63, 3.8) is 0 Å². The first-order valence-electron chi connectivity index (χ1n) is 5.35. The second kappa shape index (κ2) is 4.17. The van der Waals surface area contributed by atoms with E-state index in [0.29, 0.717) is 5.92 Å². The van der Waals surface area contributed by atoms with E-state index in [9.17, 15) is 4.79 Å². The van der Waals surface area contributed by atoms with Gasteiger partial charge in [-0.05, 0) is 31.7 Å². The smallest absolute Gasteiger partial charge is 0.406 e. The number of hydrogen-bond acceptors (Lipinski definition) is 3. The maximum absolute atomic E-state index is 10.8. The third-order valence-corrected chi connectivity index (χ3v) is 3.10. The molecule has 0 aromatic heterocycles. The van der Waals surface area contributed by atoms with Crippen molar-refractivity contribution in [2.75, 3.05) is 26.7 Å². The van der Waals surface area contributed by atoms with Crippen LogP contribution >= 0.6 is 0 Å². The number of rotatable bonds is 3. The predicted octanol–water partition coefficient (Wildman–Crippen LogP) is 0.827. The van der Waals surface area contributed by atoms with E-state index in [1.54, 1.807) is 0 Å². The predicted molar refractivity (Wildman–Crippen MR) is 53.1 cm³/mol. The Morgan fingerprint density at radius 1 is 1.50 bits per heavy atom. The van der Waals surface area contributed by atoms with Crippen molar-refractivity contribution in [1.82, 2.24) is 10.2 Å². The molecule has 0 aromatic rings. The van der Waals surface area contributed by atoms with Crippen LogP contribution in [0, 0.1) is 5.92 Å². The van der Waals surface area contributed by atoms with Crippen LogP contribution in [0.1, 0.15) is 19.3 Å². The molecule has 1 unspecified atom stereocenters. The van der Waals surface area contributed by atoms with Crippen molar-refractivity contribution in [3.05, 3.63) is 0 Å². The molecule has 0 spiro atoms. The molecule has 2 fully saturated rings. The Morgan fingerprint density at radius 2 is 2.29 bits per heavy atom. The Morgan fingerprint density at radius 3 is 2.93 bits per heavy atom. The number of carbonyl (C=O) groups excluding carboxylic acids is 1. The molecule has 1 heterocycles. The Balaban J connectivity index is 1.65. The van der Waals surface area contributed by atoms with Crippen molar-refractivity contribution in [3.8, 4) is 0 Å². The number of carbonyl (C=O) groups is 1. The minimum atomic E-state index is -0.310. The summed E-state index contributed by atoms with van der Waals surface area (Å²) in [7, 11) is 1.40. The molecule has 1 amide bonds. The molecule has 1 saturated heterocycles. The number of alkyl carbamates (subject to hydrolysis) is 1. The number of amides is 1. The van der Waals surface area contributed by atoms with Gasteiger partial charge < -0.3 is 15.0 Å². The minimum absolute atomic E-state index is 0.310. The lowest BCUT2D eigenvalue weighted by Crippen LogP contribution is -2.31. The number of nitrogens with one attached hydrogen (secondary N) is 1. The lowest BCUT2D eigenvalue weighted by Gasteiger charge is -2.14. The van der Waals surface area contributed by atoms with Crippen LogP contribution in [0.3, 0.4) is 0 Å². The van der Waals surface area contributed by atoms with E-state index >= 15 is 0 Å². The quantitative estimate of drug-likeness (QED) is 0.730. The van der Waals surface area contributed by atoms with E-state index in [0.717, 1.165) is 19.1 Å². The Hall–Kier alpha value is -0.770. The molecule has 0 bridgehead atoms. The topological polar surface area (TPSA) is 41.6 Å². The monoisotopic (exact) mass is 198 g/mol. The SMILES string of the molecule is COC(=O)NCC1CCN(C2CC2)C1. The second-order valence-electron chi connectivity index (χ2n) is 4.25. The first kappa shape index (κ1) is 9.77. The third-order valence-electron chi connectivity index (χ3n) is 3.10. The molecule has 1 saturated carbocycles. The molecule has 1 aliphatic carbocycles. The van der Waals surface area contributed by atoms with Gasteiger partial charge in [0.1, 0.15) is 0 Å². The molecular formula is C10H18N2O2. The summed E-state index contributed by atoms with van der Waals surface area (Å²) in [6, 6.07) is 0.859. The van der Waals surface area contributed by atoms with Gasteiger partial charge in [-0.1, -0.05) is 0 Å². The van der Waals surface area contributed by atoms with E-state index in [-0.39, 0.29) is 6.09 Å². The lowest BCUT2D eigenvalue weighted by molar-refractivity contribution is 0.169. The molecule has 1 N–H and O–H groups in total. The van der Waals surface area contributed by atoms with E-state index in [2.05, 4.69) is 15.0 Å². The van der Waals surface area contributed by atoms with Gasteiger partial charge in [0.15, 0.2) is 0 Å². The summed E-state index contributed by atoms with van der Waals surface area (Å²) in [5, 5.41) is 2.77. The first-order chi connectivity index (χ1) is 6.79. The molecule has 4 heteroatoms. The maximum Gasteiger partial charge on any atom is 0.406 e. The van der Waals surface area contributed by atoms with Crippen molar-refractivity contribution >= 4 is 6.09 Å². The fraction of sp³-hybridized carbons (Fsp3) is 0.900. The summed E-state index contributed by atoms with van der Waals surface area (Å²) in [6.45, 7) is 3.11. The van der Waals surface area contributed by atoms with Gasteiger partial charge in [0.05, 0.1) is 7.11 Å². The van der Waals surface area contributed by atoms with Crippen molar-refractivity contribution in [1.29, 1.82) is 0 Å². The summed E-state index contributed by atoms with van der Waals surface area (Å²) >= 11 is 0. The zero-order valence-corrected chi connectivity index (χ0v) is 8.66. The zero-order valence-electron chi connectivity index (χ0n) is 8.66. The lowest BCUT2D eigenvalue weighted by atomic mass is 10.1. The summed E-state index contributed by atoms with van der Waals surface area (Å²) in [4.78, 5) is 13.4. The number of methoxy groups -OCH3 is 1. The standard InChI is InChI=1S/C10H18N2O2/c1-14-10(13)11-6-8-4-5-12(7-8)9-2-3-9/h8-9H,2-7H2,1H3,(H,11,13). The van der Waals surface area contributed by atoms with Crippen LogP contribution in [0.2, 0.25) is 0 Å². The summed E-state index contributed by atoms with van der Waals surface area (Å²) < 4.78 is 4.53. The number of nitrogens with zero attached hydrogens (tertiary/aromatic N) is 1. The number of ether oxygens (including phenoxy) is 1. The van der Waals surface area contributed by atoms with Gasteiger partial charge in [0.2, 0.25) is 0 Å². The molecule has 2 rings (SSSR count). The Bertz CT molecular complexity index is 216. The van der Waals surface area contributed by atoms with Gasteiger partial charge in [0.25, 0.3) is 0 Å². The largest absolute Gasteiger partial charge is 0.453 e. The van der Waals surface area contributed by atoms with E-state index in [4.69, 9.17) is 0 Å². The van der Waals surface area contributed by atoms with E-state index < -0.39 is 0 Å². The molecule has 1 aliphatic heterocycles. The highest BCUT2D eigenvalue weighted by Gasteiger charge is 2.34. The van der Waals surface area contributed by atoms with Crippen molar-refractivity contribution < 1.29 is 9.53 Å². The third kappa shape index (κ3) is 2.38. The minimum Gasteiger partial charge on any atom is -0.453 e. The van der Waals surface area contributed by atoms with Crippen LogP contribution < -0.4 is 5.32 Å².